The van der Waals surface area contributed by atoms with E-state index in [0.717, 1.165) is 5.56 Å². The number of carbonyl (C=O) groups is 2. The maximum absolute atomic E-state index is 13.0. The lowest BCUT2D eigenvalue weighted by molar-refractivity contribution is -0.127. The summed E-state index contributed by atoms with van der Waals surface area (Å²) in [5.74, 6) is -0.470. The average molecular weight is 425 g/mol. The minimum Gasteiger partial charge on any atom is -0.346 e. The van der Waals surface area contributed by atoms with E-state index >= 15 is 0 Å². The monoisotopic (exact) mass is 424 g/mol. The molecule has 0 atom stereocenters. The zero-order valence-corrected chi connectivity index (χ0v) is 18.1. The third-order valence-electron chi connectivity index (χ3n) is 6.02. The number of benzene rings is 1. The van der Waals surface area contributed by atoms with Crippen LogP contribution in [0.4, 0.5) is 10.1 Å². The van der Waals surface area contributed by atoms with Crippen molar-refractivity contribution >= 4 is 23.6 Å². The molecule has 2 fully saturated rings. The second-order valence-corrected chi connectivity index (χ2v) is 8.42. The van der Waals surface area contributed by atoms with Crippen LogP contribution >= 0.6 is 0 Å². The second kappa shape index (κ2) is 9.06. The summed E-state index contributed by atoms with van der Waals surface area (Å²) < 4.78 is 15.3. The van der Waals surface area contributed by atoms with Gasteiger partial charge in [0, 0.05) is 55.4 Å². The molecule has 1 aromatic carbocycles. The van der Waals surface area contributed by atoms with Crippen molar-refractivity contribution in [3.63, 3.8) is 0 Å². The lowest BCUT2D eigenvalue weighted by atomic mass is 10.2. The summed E-state index contributed by atoms with van der Waals surface area (Å²) >= 11 is 0. The zero-order valence-electron chi connectivity index (χ0n) is 18.1. The molecule has 2 aromatic rings. The number of carbonyl (C=O) groups excluding carboxylic acids is 2. The van der Waals surface area contributed by atoms with E-state index < -0.39 is 0 Å². The molecule has 31 heavy (non-hydrogen) atoms. The summed E-state index contributed by atoms with van der Waals surface area (Å²) in [4.78, 5) is 28.7. The lowest BCUT2D eigenvalue weighted by Crippen LogP contribution is -2.50. The molecule has 7 heteroatoms. The first-order valence-corrected chi connectivity index (χ1v) is 10.8. The molecule has 0 spiro atoms. The van der Waals surface area contributed by atoms with Gasteiger partial charge in [0.15, 0.2) is 0 Å². The molecule has 6 nitrogen and oxygen atoms in total. The van der Waals surface area contributed by atoms with Crippen LogP contribution in [0.15, 0.2) is 36.4 Å². The number of aromatic nitrogens is 1. The number of nitrogens with zero attached hydrogens (tertiary/aromatic N) is 3. The van der Waals surface area contributed by atoms with Crippen molar-refractivity contribution < 1.29 is 14.0 Å². The Kier molecular flexibility index (Phi) is 6.23. The van der Waals surface area contributed by atoms with E-state index in [2.05, 4.69) is 29.8 Å². The highest BCUT2D eigenvalue weighted by Crippen LogP contribution is 2.38. The predicted molar refractivity (Wildman–Crippen MR) is 119 cm³/mol. The van der Waals surface area contributed by atoms with Gasteiger partial charge in [0.2, 0.25) is 11.8 Å². The van der Waals surface area contributed by atoms with Crippen molar-refractivity contribution in [3.05, 3.63) is 59.2 Å². The number of amides is 2. The number of aryl methyl sites for hydroxylation is 1. The normalized spacial score (nSPS) is 17.3. The van der Waals surface area contributed by atoms with Gasteiger partial charge in [-0.25, -0.2) is 4.39 Å². The van der Waals surface area contributed by atoms with Gasteiger partial charge in [0.05, 0.1) is 6.54 Å². The smallest absolute Gasteiger partial charge is 0.246 e. The molecular formula is C24H29FN4O2. The number of halogens is 1. The first-order valence-electron chi connectivity index (χ1n) is 10.8. The van der Waals surface area contributed by atoms with Gasteiger partial charge in [0.25, 0.3) is 0 Å². The van der Waals surface area contributed by atoms with Crippen molar-refractivity contribution in [3.8, 4) is 0 Å². The molecule has 1 N–H and O–H groups in total. The fraction of sp³-hybridized carbons (Fsp3) is 0.417. The molecule has 0 bridgehead atoms. The molecule has 4 rings (SSSR count). The number of piperazine rings is 1. The van der Waals surface area contributed by atoms with Gasteiger partial charge in [-0.15, -0.1) is 0 Å². The van der Waals surface area contributed by atoms with E-state index in [1.807, 2.05) is 15.9 Å². The third kappa shape index (κ3) is 5.22. The summed E-state index contributed by atoms with van der Waals surface area (Å²) in [6.07, 6.45) is 6.07. The van der Waals surface area contributed by atoms with Gasteiger partial charge in [0.1, 0.15) is 5.82 Å². The van der Waals surface area contributed by atoms with Gasteiger partial charge >= 0.3 is 0 Å². The topological polar surface area (TPSA) is 57.6 Å². The van der Waals surface area contributed by atoms with Crippen LogP contribution in [0.5, 0.6) is 0 Å². The van der Waals surface area contributed by atoms with Crippen LogP contribution in [0.3, 0.4) is 0 Å². The Morgan fingerprint density at radius 2 is 1.77 bits per heavy atom. The number of hydrogen-bond donors (Lipinski definition) is 1. The standard InChI is InChI=1S/C24H29FN4O2/c1-17-15-19(18(2)29(17)22-8-9-22)3-10-24(31)28-13-11-27(12-14-28)16-23(30)26-21-6-4-20(25)5-7-21/h3-7,10,15,22H,8-9,11-14,16H2,1-2H3,(H,26,30). The molecule has 1 saturated carbocycles. The number of hydrogen-bond acceptors (Lipinski definition) is 3. The van der Waals surface area contributed by atoms with E-state index in [-0.39, 0.29) is 24.2 Å². The first-order chi connectivity index (χ1) is 14.9. The number of rotatable bonds is 6. The molecular weight excluding hydrogens is 395 g/mol. The fourth-order valence-electron chi connectivity index (χ4n) is 4.20. The maximum atomic E-state index is 13.0. The summed E-state index contributed by atoms with van der Waals surface area (Å²) in [6.45, 7) is 6.96. The van der Waals surface area contributed by atoms with Gasteiger partial charge < -0.3 is 14.8 Å². The molecule has 0 radical (unpaired) electrons. The largest absolute Gasteiger partial charge is 0.346 e. The second-order valence-electron chi connectivity index (χ2n) is 8.42. The molecule has 1 saturated heterocycles. The molecule has 1 aromatic heterocycles. The predicted octanol–water partition coefficient (Wildman–Crippen LogP) is 3.38. The molecule has 2 aliphatic rings. The Hall–Kier alpha value is -2.93. The van der Waals surface area contributed by atoms with E-state index in [0.29, 0.717) is 37.9 Å². The highest BCUT2D eigenvalue weighted by Gasteiger charge is 2.26. The van der Waals surface area contributed by atoms with E-state index in [1.165, 1.54) is 48.5 Å². The van der Waals surface area contributed by atoms with Crippen LogP contribution in [0.25, 0.3) is 6.08 Å². The number of anilines is 1. The third-order valence-corrected chi connectivity index (χ3v) is 6.02. The van der Waals surface area contributed by atoms with Gasteiger partial charge in [-0.05, 0) is 68.7 Å². The maximum Gasteiger partial charge on any atom is 0.246 e. The van der Waals surface area contributed by atoms with E-state index in [1.54, 1.807) is 6.08 Å². The molecule has 1 aliphatic heterocycles. The summed E-state index contributed by atoms with van der Waals surface area (Å²) in [5, 5.41) is 2.77. The van der Waals surface area contributed by atoms with Crippen LogP contribution in [-0.4, -0.2) is 58.9 Å². The highest BCUT2D eigenvalue weighted by molar-refractivity contribution is 5.93. The quantitative estimate of drug-likeness (QED) is 0.724. The van der Waals surface area contributed by atoms with E-state index in [4.69, 9.17) is 0 Å². The van der Waals surface area contributed by atoms with Crippen LogP contribution < -0.4 is 5.32 Å². The van der Waals surface area contributed by atoms with Gasteiger partial charge in [-0.1, -0.05) is 0 Å². The minimum atomic E-state index is -0.335. The minimum absolute atomic E-state index is 0.00615. The molecule has 1 aliphatic carbocycles. The van der Waals surface area contributed by atoms with Gasteiger partial charge in [-0.2, -0.15) is 0 Å². The Morgan fingerprint density at radius 1 is 1.10 bits per heavy atom. The lowest BCUT2D eigenvalue weighted by Gasteiger charge is -2.33. The molecule has 164 valence electrons. The summed E-state index contributed by atoms with van der Waals surface area (Å²) in [7, 11) is 0. The van der Waals surface area contributed by atoms with Crippen LogP contribution in [0.1, 0.15) is 35.8 Å². The summed E-state index contributed by atoms with van der Waals surface area (Å²) in [6, 6.07) is 8.49. The fourth-order valence-corrected chi connectivity index (χ4v) is 4.20. The summed E-state index contributed by atoms with van der Waals surface area (Å²) in [5.41, 5.74) is 4.15. The Balaban J connectivity index is 1.25. The van der Waals surface area contributed by atoms with Crippen molar-refractivity contribution in [2.45, 2.75) is 32.7 Å². The molecule has 2 amide bonds. The van der Waals surface area contributed by atoms with Crippen molar-refractivity contribution in [1.82, 2.24) is 14.4 Å². The Labute approximate surface area is 182 Å². The SMILES string of the molecule is Cc1cc(C=CC(=O)N2CCN(CC(=O)Nc3ccc(F)cc3)CC2)c(C)n1C1CC1. The van der Waals surface area contributed by atoms with Crippen molar-refractivity contribution in [1.29, 1.82) is 0 Å². The van der Waals surface area contributed by atoms with Crippen molar-refractivity contribution in [2.24, 2.45) is 0 Å². The molecule has 2 heterocycles. The Morgan fingerprint density at radius 3 is 2.42 bits per heavy atom. The number of nitrogens with one attached hydrogen (secondary N) is 1. The van der Waals surface area contributed by atoms with Crippen LogP contribution in [0.2, 0.25) is 0 Å². The van der Waals surface area contributed by atoms with Crippen LogP contribution in [-0.2, 0) is 9.59 Å². The molecule has 0 unspecified atom stereocenters. The average Bonchev–Trinajstić information content (AvgIpc) is 3.53. The van der Waals surface area contributed by atoms with Crippen molar-refractivity contribution in [2.75, 3.05) is 38.0 Å². The van der Waals surface area contributed by atoms with Gasteiger partial charge in [-0.3, -0.25) is 14.5 Å². The van der Waals surface area contributed by atoms with Crippen LogP contribution in [0, 0.1) is 19.7 Å². The van der Waals surface area contributed by atoms with E-state index in [9.17, 15) is 14.0 Å². The Bertz CT molecular complexity index is 984. The zero-order chi connectivity index (χ0) is 22.0. The highest BCUT2D eigenvalue weighted by atomic mass is 19.1. The first kappa shape index (κ1) is 21.3.